The molecule has 4 nitrogen and oxygen atoms in total. The van der Waals surface area contributed by atoms with Crippen molar-refractivity contribution in [3.05, 3.63) is 102 Å². The summed E-state index contributed by atoms with van der Waals surface area (Å²) in [6, 6.07) is 26.1. The number of esters is 1. The lowest BCUT2D eigenvalue weighted by Gasteiger charge is -2.18. The zero-order valence-corrected chi connectivity index (χ0v) is 16.0. The largest absolute Gasteiger partial charge is 0.459 e. The quantitative estimate of drug-likeness (QED) is 0.617. The number of carbonyl (C=O) groups excluding carboxylic acids is 2. The Morgan fingerprint density at radius 2 is 1.25 bits per heavy atom. The van der Waals surface area contributed by atoms with Crippen molar-refractivity contribution in [2.75, 3.05) is 5.32 Å². The number of hydrogen-bond acceptors (Lipinski definition) is 3. The number of carbonyl (C=O) groups is 2. The molecule has 0 radical (unpaired) electrons. The average molecular weight is 373 g/mol. The maximum absolute atomic E-state index is 13.1. The predicted octanol–water partition coefficient (Wildman–Crippen LogP) is 5.02. The Hall–Kier alpha value is -3.40. The second kappa shape index (κ2) is 9.00. The van der Waals surface area contributed by atoms with Gasteiger partial charge in [0.15, 0.2) is 0 Å². The summed E-state index contributed by atoms with van der Waals surface area (Å²) in [5.41, 5.74) is 2.92. The number of ether oxygens (including phenoxy) is 1. The van der Waals surface area contributed by atoms with E-state index < -0.39 is 5.92 Å². The van der Waals surface area contributed by atoms with E-state index in [0.29, 0.717) is 11.3 Å². The van der Waals surface area contributed by atoms with Gasteiger partial charge in [0, 0.05) is 5.69 Å². The number of rotatable bonds is 6. The Balaban J connectivity index is 1.80. The van der Waals surface area contributed by atoms with E-state index >= 15 is 0 Å². The van der Waals surface area contributed by atoms with Crippen LogP contribution in [0.4, 0.5) is 5.69 Å². The molecule has 3 aromatic carbocycles. The first-order valence-electron chi connectivity index (χ1n) is 9.26. The average Bonchev–Trinajstić information content (AvgIpc) is 2.70. The van der Waals surface area contributed by atoms with Gasteiger partial charge in [-0.1, -0.05) is 60.7 Å². The summed E-state index contributed by atoms with van der Waals surface area (Å²) in [7, 11) is 0. The number of amides is 1. The van der Waals surface area contributed by atoms with E-state index in [1.807, 2.05) is 60.7 Å². The van der Waals surface area contributed by atoms with E-state index in [1.165, 1.54) is 0 Å². The van der Waals surface area contributed by atoms with E-state index in [0.717, 1.165) is 11.1 Å². The second-order valence-corrected chi connectivity index (χ2v) is 6.78. The molecule has 28 heavy (non-hydrogen) atoms. The van der Waals surface area contributed by atoms with Crippen LogP contribution in [0.2, 0.25) is 0 Å². The lowest BCUT2D eigenvalue weighted by molar-refractivity contribution is -0.116. The first kappa shape index (κ1) is 19.4. The van der Waals surface area contributed by atoms with Crippen LogP contribution < -0.4 is 5.32 Å². The molecule has 0 heterocycles. The topological polar surface area (TPSA) is 55.4 Å². The van der Waals surface area contributed by atoms with Gasteiger partial charge >= 0.3 is 5.97 Å². The third-order valence-corrected chi connectivity index (χ3v) is 4.26. The van der Waals surface area contributed by atoms with E-state index in [4.69, 9.17) is 4.74 Å². The van der Waals surface area contributed by atoms with Gasteiger partial charge in [0.2, 0.25) is 5.91 Å². The summed E-state index contributed by atoms with van der Waals surface area (Å²) in [6.07, 6.45) is -0.176. The van der Waals surface area contributed by atoms with E-state index in [9.17, 15) is 9.59 Å². The minimum Gasteiger partial charge on any atom is -0.459 e. The number of nitrogens with one attached hydrogen (secondary N) is 1. The number of benzene rings is 3. The molecule has 0 aliphatic carbocycles. The maximum atomic E-state index is 13.1. The van der Waals surface area contributed by atoms with Gasteiger partial charge in [-0.25, -0.2) is 4.79 Å². The van der Waals surface area contributed by atoms with Crippen molar-refractivity contribution in [3.63, 3.8) is 0 Å². The molecule has 0 atom stereocenters. The molecule has 0 aliphatic rings. The molecule has 0 spiro atoms. The molecule has 0 fully saturated rings. The van der Waals surface area contributed by atoms with Crippen LogP contribution >= 0.6 is 0 Å². The van der Waals surface area contributed by atoms with Gasteiger partial charge in [-0.3, -0.25) is 4.79 Å². The van der Waals surface area contributed by atoms with Crippen molar-refractivity contribution in [2.24, 2.45) is 0 Å². The lowest BCUT2D eigenvalue weighted by Crippen LogP contribution is -2.22. The van der Waals surface area contributed by atoms with Crippen LogP contribution in [0.3, 0.4) is 0 Å². The summed E-state index contributed by atoms with van der Waals surface area (Å²) in [4.78, 5) is 25.0. The van der Waals surface area contributed by atoms with Gasteiger partial charge in [-0.15, -0.1) is 0 Å². The fourth-order valence-corrected chi connectivity index (χ4v) is 2.97. The van der Waals surface area contributed by atoms with Crippen molar-refractivity contribution < 1.29 is 14.3 Å². The molecule has 3 rings (SSSR count). The van der Waals surface area contributed by atoms with Gasteiger partial charge in [0.05, 0.1) is 17.6 Å². The normalized spacial score (nSPS) is 10.7. The van der Waals surface area contributed by atoms with Crippen molar-refractivity contribution in [1.29, 1.82) is 0 Å². The monoisotopic (exact) mass is 373 g/mol. The summed E-state index contributed by atoms with van der Waals surface area (Å²) in [5, 5.41) is 2.95. The van der Waals surface area contributed by atoms with Crippen molar-refractivity contribution >= 4 is 17.6 Å². The van der Waals surface area contributed by atoms with Crippen molar-refractivity contribution in [3.8, 4) is 0 Å². The highest BCUT2D eigenvalue weighted by atomic mass is 16.5. The van der Waals surface area contributed by atoms with Gasteiger partial charge in [-0.05, 0) is 49.2 Å². The molecule has 142 valence electrons. The fraction of sp³-hybridized carbons (Fsp3) is 0.167. The van der Waals surface area contributed by atoms with Crippen LogP contribution in [0.5, 0.6) is 0 Å². The molecule has 0 bridgehead atoms. The van der Waals surface area contributed by atoms with Crippen LogP contribution in [0.25, 0.3) is 0 Å². The fourth-order valence-electron chi connectivity index (χ4n) is 2.97. The van der Waals surface area contributed by atoms with Crippen LogP contribution in [0.1, 0.15) is 41.3 Å². The Labute approximate surface area is 165 Å². The Morgan fingerprint density at radius 1 is 0.750 bits per heavy atom. The third kappa shape index (κ3) is 4.86. The van der Waals surface area contributed by atoms with Gasteiger partial charge < -0.3 is 10.1 Å². The standard InChI is InChI=1S/C24H23NO3/c1-17(2)28-24(27)20-13-15-21(16-14-20)25-23(26)22(18-9-5-3-6-10-18)19-11-7-4-8-12-19/h3-17,22H,1-2H3,(H,25,26). The molecule has 1 N–H and O–H groups in total. The lowest BCUT2D eigenvalue weighted by atomic mass is 9.90. The molecule has 0 saturated heterocycles. The molecular formula is C24H23NO3. The molecule has 0 unspecified atom stereocenters. The molecular weight excluding hydrogens is 350 g/mol. The minimum atomic E-state index is -0.423. The van der Waals surface area contributed by atoms with Crippen molar-refractivity contribution in [1.82, 2.24) is 0 Å². The molecule has 0 saturated carbocycles. The highest BCUT2D eigenvalue weighted by Crippen LogP contribution is 2.26. The highest BCUT2D eigenvalue weighted by Gasteiger charge is 2.22. The Bertz CT molecular complexity index is 880. The Kier molecular flexibility index (Phi) is 6.22. The summed E-state index contributed by atoms with van der Waals surface area (Å²) >= 11 is 0. The van der Waals surface area contributed by atoms with Crippen LogP contribution in [0, 0.1) is 0 Å². The Morgan fingerprint density at radius 3 is 1.71 bits per heavy atom. The first-order chi connectivity index (χ1) is 13.5. The maximum Gasteiger partial charge on any atom is 0.338 e. The third-order valence-electron chi connectivity index (χ3n) is 4.26. The smallest absolute Gasteiger partial charge is 0.338 e. The van der Waals surface area contributed by atoms with Gasteiger partial charge in [0.25, 0.3) is 0 Å². The molecule has 0 aromatic heterocycles. The molecule has 0 aliphatic heterocycles. The second-order valence-electron chi connectivity index (χ2n) is 6.78. The van der Waals surface area contributed by atoms with E-state index in [1.54, 1.807) is 38.1 Å². The number of anilines is 1. The summed E-state index contributed by atoms with van der Waals surface area (Å²) in [5.74, 6) is -0.929. The minimum absolute atomic E-state index is 0.130. The van der Waals surface area contributed by atoms with Crippen molar-refractivity contribution in [2.45, 2.75) is 25.9 Å². The molecule has 4 heteroatoms. The molecule has 1 amide bonds. The first-order valence-corrected chi connectivity index (χ1v) is 9.26. The highest BCUT2D eigenvalue weighted by molar-refractivity contribution is 5.98. The summed E-state index contributed by atoms with van der Waals surface area (Å²) < 4.78 is 5.18. The predicted molar refractivity (Wildman–Crippen MR) is 110 cm³/mol. The van der Waals surface area contributed by atoms with Crippen LogP contribution in [-0.2, 0) is 9.53 Å². The zero-order chi connectivity index (χ0) is 19.9. The van der Waals surface area contributed by atoms with Crippen LogP contribution in [0.15, 0.2) is 84.9 Å². The van der Waals surface area contributed by atoms with Gasteiger partial charge in [0.1, 0.15) is 0 Å². The summed E-state index contributed by atoms with van der Waals surface area (Å²) in [6.45, 7) is 3.61. The van der Waals surface area contributed by atoms with Gasteiger partial charge in [-0.2, -0.15) is 0 Å². The zero-order valence-electron chi connectivity index (χ0n) is 16.0. The number of hydrogen-bond donors (Lipinski definition) is 1. The SMILES string of the molecule is CC(C)OC(=O)c1ccc(NC(=O)C(c2ccccc2)c2ccccc2)cc1. The van der Waals surface area contributed by atoms with E-state index in [-0.39, 0.29) is 18.0 Å². The molecule has 3 aromatic rings. The van der Waals surface area contributed by atoms with E-state index in [2.05, 4.69) is 5.32 Å². The van der Waals surface area contributed by atoms with Crippen LogP contribution in [-0.4, -0.2) is 18.0 Å².